The Bertz CT molecular complexity index is 1100. The van der Waals surface area contributed by atoms with E-state index < -0.39 is 5.91 Å². The number of benzene rings is 1. The van der Waals surface area contributed by atoms with Gasteiger partial charge in [0.15, 0.2) is 5.82 Å². The van der Waals surface area contributed by atoms with Crippen LogP contribution in [0.4, 0.5) is 0 Å². The zero-order valence-electron chi connectivity index (χ0n) is 14.5. The molecule has 0 fully saturated rings. The van der Waals surface area contributed by atoms with Crippen LogP contribution in [0.3, 0.4) is 0 Å². The topological polar surface area (TPSA) is 120 Å². The van der Waals surface area contributed by atoms with Crippen molar-refractivity contribution in [1.29, 1.82) is 0 Å². The highest BCUT2D eigenvalue weighted by Crippen LogP contribution is 2.29. The van der Waals surface area contributed by atoms with Crippen LogP contribution in [-0.4, -0.2) is 40.4 Å². The molecule has 5 rings (SSSR count). The zero-order valence-corrected chi connectivity index (χ0v) is 14.5. The number of carbonyl (C=O) groups excluding carboxylic acids is 1. The highest BCUT2D eigenvalue weighted by Gasteiger charge is 2.27. The first-order valence-corrected chi connectivity index (χ1v) is 8.87. The fourth-order valence-electron chi connectivity index (χ4n) is 3.65. The summed E-state index contributed by atoms with van der Waals surface area (Å²) < 4.78 is 3.73. The van der Waals surface area contributed by atoms with Crippen LogP contribution in [0.1, 0.15) is 29.7 Å². The first-order chi connectivity index (χ1) is 13.2. The van der Waals surface area contributed by atoms with E-state index in [1.807, 2.05) is 41.2 Å². The van der Waals surface area contributed by atoms with Crippen molar-refractivity contribution in [2.75, 3.05) is 0 Å². The van der Waals surface area contributed by atoms with E-state index in [1.165, 1.54) is 5.69 Å². The van der Waals surface area contributed by atoms with Crippen molar-refractivity contribution >= 4 is 16.9 Å². The van der Waals surface area contributed by atoms with Gasteiger partial charge in [-0.2, -0.15) is 9.78 Å². The number of nitrogens with two attached hydrogens (primary N) is 1. The number of hydrogen-bond donors (Lipinski definition) is 2. The molecule has 0 radical (unpaired) electrons. The van der Waals surface area contributed by atoms with E-state index in [4.69, 9.17) is 5.73 Å². The second-order valence-corrected chi connectivity index (χ2v) is 6.75. The molecule has 1 aromatic carbocycles. The number of primary amides is 1. The first-order valence-electron chi connectivity index (χ1n) is 8.87. The Balaban J connectivity index is 1.59. The number of amides is 1. The molecule has 1 aliphatic heterocycles. The van der Waals surface area contributed by atoms with Gasteiger partial charge in [0.2, 0.25) is 11.9 Å². The quantitative estimate of drug-likeness (QED) is 0.563. The molecule has 0 saturated carbocycles. The molecule has 27 heavy (non-hydrogen) atoms. The van der Waals surface area contributed by atoms with Gasteiger partial charge in [-0.05, 0) is 31.0 Å². The number of para-hydroxylation sites is 2. The van der Waals surface area contributed by atoms with Crippen LogP contribution in [0.15, 0.2) is 36.5 Å². The third-order valence-corrected chi connectivity index (χ3v) is 4.90. The largest absolute Gasteiger partial charge is 0.369 e. The molecule has 1 atom stereocenters. The fraction of sp³-hybridized carbons (Fsp3) is 0.278. The second-order valence-electron chi connectivity index (χ2n) is 6.75. The van der Waals surface area contributed by atoms with E-state index in [0.29, 0.717) is 11.8 Å². The van der Waals surface area contributed by atoms with E-state index in [-0.39, 0.29) is 12.3 Å². The Kier molecular flexibility index (Phi) is 3.52. The summed E-state index contributed by atoms with van der Waals surface area (Å²) >= 11 is 0. The third kappa shape index (κ3) is 2.77. The molecule has 0 spiro atoms. The van der Waals surface area contributed by atoms with Crippen LogP contribution < -0.4 is 5.73 Å². The summed E-state index contributed by atoms with van der Waals surface area (Å²) in [6, 6.07) is 9.82. The summed E-state index contributed by atoms with van der Waals surface area (Å²) in [6.07, 6.45) is 3.53. The van der Waals surface area contributed by atoms with Crippen molar-refractivity contribution in [2.24, 2.45) is 5.73 Å². The van der Waals surface area contributed by atoms with Gasteiger partial charge >= 0.3 is 0 Å². The Morgan fingerprint density at radius 1 is 1.26 bits per heavy atom. The fourth-order valence-corrected chi connectivity index (χ4v) is 3.65. The van der Waals surface area contributed by atoms with Crippen molar-refractivity contribution in [1.82, 2.24) is 34.5 Å². The third-order valence-electron chi connectivity index (χ3n) is 4.90. The maximum Gasteiger partial charge on any atom is 0.230 e. The lowest BCUT2D eigenvalue weighted by molar-refractivity contribution is -0.117. The molecule has 4 heterocycles. The smallest absolute Gasteiger partial charge is 0.230 e. The number of nitrogens with one attached hydrogen (secondary N) is 1. The molecule has 9 heteroatoms. The highest BCUT2D eigenvalue weighted by atomic mass is 16.1. The summed E-state index contributed by atoms with van der Waals surface area (Å²) in [4.78, 5) is 23.9. The van der Waals surface area contributed by atoms with Crippen molar-refractivity contribution in [3.05, 3.63) is 53.9 Å². The first kappa shape index (κ1) is 15.7. The zero-order chi connectivity index (χ0) is 18.4. The molecule has 0 aliphatic carbocycles. The van der Waals surface area contributed by atoms with Gasteiger partial charge < -0.3 is 10.7 Å². The predicted molar refractivity (Wildman–Crippen MR) is 97.2 cm³/mol. The maximum absolute atomic E-state index is 11.4. The number of rotatable bonds is 4. The number of hydrogen-bond acceptors (Lipinski definition) is 5. The molecule has 3 aromatic heterocycles. The van der Waals surface area contributed by atoms with Gasteiger partial charge in [0, 0.05) is 24.4 Å². The number of H-pyrrole nitrogens is 1. The number of imidazole rings is 1. The average molecular weight is 362 g/mol. The van der Waals surface area contributed by atoms with Crippen molar-refractivity contribution < 1.29 is 4.79 Å². The predicted octanol–water partition coefficient (Wildman–Crippen LogP) is 1.10. The SMILES string of the molecule is NC(=O)Cc1nc(C2CCn3nccc3C2)n(-c2nc3ccccc3[nH]2)n1. The molecular formula is C18H18N8O. The monoisotopic (exact) mass is 362 g/mol. The molecule has 9 nitrogen and oxygen atoms in total. The lowest BCUT2D eigenvalue weighted by atomic mass is 9.95. The number of fused-ring (bicyclic) bond motifs is 2. The van der Waals surface area contributed by atoms with E-state index in [2.05, 4.69) is 25.1 Å². The minimum Gasteiger partial charge on any atom is -0.369 e. The number of aromatic amines is 1. The van der Waals surface area contributed by atoms with Gasteiger partial charge in [-0.3, -0.25) is 9.48 Å². The van der Waals surface area contributed by atoms with Crippen LogP contribution in [0, 0.1) is 0 Å². The van der Waals surface area contributed by atoms with Crippen LogP contribution in [0.25, 0.3) is 17.0 Å². The van der Waals surface area contributed by atoms with Gasteiger partial charge in [-0.1, -0.05) is 12.1 Å². The van der Waals surface area contributed by atoms with Crippen LogP contribution in [0.5, 0.6) is 0 Å². The van der Waals surface area contributed by atoms with E-state index in [0.717, 1.165) is 36.2 Å². The molecule has 136 valence electrons. The molecular weight excluding hydrogens is 344 g/mol. The van der Waals surface area contributed by atoms with E-state index in [9.17, 15) is 4.79 Å². The van der Waals surface area contributed by atoms with Crippen molar-refractivity contribution in [3.63, 3.8) is 0 Å². The molecule has 3 N–H and O–H groups in total. The molecule has 4 aromatic rings. The molecule has 1 amide bonds. The number of aromatic nitrogens is 7. The van der Waals surface area contributed by atoms with E-state index >= 15 is 0 Å². The lowest BCUT2D eigenvalue weighted by Gasteiger charge is -2.22. The summed E-state index contributed by atoms with van der Waals surface area (Å²) in [6.45, 7) is 0.825. The average Bonchev–Trinajstić information content (AvgIpc) is 3.37. The Morgan fingerprint density at radius 2 is 2.15 bits per heavy atom. The Morgan fingerprint density at radius 3 is 3.00 bits per heavy atom. The summed E-state index contributed by atoms with van der Waals surface area (Å²) in [7, 11) is 0. The second kappa shape index (κ2) is 6.04. The van der Waals surface area contributed by atoms with Gasteiger partial charge in [-0.25, -0.2) is 9.97 Å². The van der Waals surface area contributed by atoms with Gasteiger partial charge in [0.1, 0.15) is 5.82 Å². The van der Waals surface area contributed by atoms with Gasteiger partial charge in [0.25, 0.3) is 0 Å². The number of aryl methyl sites for hydroxylation is 1. The highest BCUT2D eigenvalue weighted by molar-refractivity contribution is 5.76. The molecule has 1 aliphatic rings. The minimum absolute atomic E-state index is 0.00484. The normalized spacial score (nSPS) is 16.5. The lowest BCUT2D eigenvalue weighted by Crippen LogP contribution is -2.21. The molecule has 0 saturated heterocycles. The number of carbonyl (C=O) groups is 1. The Labute approximate surface area is 154 Å². The standard InChI is InChI=1S/C18H18N8O/c19-15(27)10-16-23-17(11-6-8-25-12(9-11)5-7-20-25)26(24-16)18-21-13-3-1-2-4-14(13)22-18/h1-5,7,11H,6,8-10H2,(H2,19,27)(H,21,22). The Hall–Kier alpha value is -3.49. The van der Waals surface area contributed by atoms with Crippen molar-refractivity contribution in [2.45, 2.75) is 31.7 Å². The maximum atomic E-state index is 11.4. The van der Waals surface area contributed by atoms with Crippen LogP contribution >= 0.6 is 0 Å². The van der Waals surface area contributed by atoms with Crippen molar-refractivity contribution in [3.8, 4) is 5.95 Å². The molecule has 0 bridgehead atoms. The summed E-state index contributed by atoms with van der Waals surface area (Å²) in [5.74, 6) is 1.50. The van der Waals surface area contributed by atoms with E-state index in [1.54, 1.807) is 4.68 Å². The number of nitrogens with zero attached hydrogens (tertiary/aromatic N) is 6. The summed E-state index contributed by atoms with van der Waals surface area (Å²) in [5, 5.41) is 8.86. The van der Waals surface area contributed by atoms with Crippen LogP contribution in [-0.2, 0) is 24.2 Å². The summed E-state index contributed by atoms with van der Waals surface area (Å²) in [5.41, 5.74) is 8.29. The minimum atomic E-state index is -0.454. The van der Waals surface area contributed by atoms with Gasteiger partial charge in [-0.15, -0.1) is 5.10 Å². The molecule has 1 unspecified atom stereocenters. The van der Waals surface area contributed by atoms with Crippen LogP contribution in [0.2, 0.25) is 0 Å². The van der Waals surface area contributed by atoms with Gasteiger partial charge in [0.05, 0.1) is 17.5 Å².